The Kier molecular flexibility index (Phi) is 5.59. The lowest BCUT2D eigenvalue weighted by atomic mass is 10.2. The molecule has 0 bridgehead atoms. The average molecular weight is 411 g/mol. The number of benzene rings is 1. The molecule has 4 aromatic rings. The van der Waals surface area contributed by atoms with Gasteiger partial charge in [0.25, 0.3) is 0 Å². The molecule has 1 aromatic carbocycles. The van der Waals surface area contributed by atoms with E-state index in [0.29, 0.717) is 31.2 Å². The highest BCUT2D eigenvalue weighted by molar-refractivity contribution is 7.16. The predicted octanol–water partition coefficient (Wildman–Crippen LogP) is 4.48. The van der Waals surface area contributed by atoms with Gasteiger partial charge in [-0.1, -0.05) is 18.2 Å². The van der Waals surface area contributed by atoms with Crippen LogP contribution in [0.3, 0.4) is 0 Å². The number of thiazole rings is 1. The molecule has 142 valence electrons. The highest BCUT2D eigenvalue weighted by atomic mass is 32.1. The molecule has 3 aromatic heterocycles. The van der Waals surface area contributed by atoms with Crippen molar-refractivity contribution < 1.29 is 9.21 Å². The lowest BCUT2D eigenvalue weighted by Gasteiger charge is -2.02. The van der Waals surface area contributed by atoms with Gasteiger partial charge in [-0.15, -0.1) is 32.9 Å². The van der Waals surface area contributed by atoms with Gasteiger partial charge in [0.15, 0.2) is 0 Å². The first kappa shape index (κ1) is 18.5. The first-order chi connectivity index (χ1) is 13.7. The molecule has 0 spiro atoms. The van der Waals surface area contributed by atoms with E-state index in [1.165, 1.54) is 0 Å². The van der Waals surface area contributed by atoms with Gasteiger partial charge in [-0.25, -0.2) is 4.98 Å². The van der Waals surface area contributed by atoms with Crippen molar-refractivity contribution in [3.63, 3.8) is 0 Å². The summed E-state index contributed by atoms with van der Waals surface area (Å²) in [6, 6.07) is 13.7. The summed E-state index contributed by atoms with van der Waals surface area (Å²) in [7, 11) is 0. The molecule has 0 atom stereocenters. The molecule has 0 aliphatic heterocycles. The Morgan fingerprint density at radius 3 is 2.79 bits per heavy atom. The molecule has 8 heteroatoms. The lowest BCUT2D eigenvalue weighted by molar-refractivity contribution is -0.121. The SMILES string of the molecule is Cc1nc(-c2ccc(CNC(=O)CCc3nnc(-c4ccccc4)o3)s2)cs1. The predicted molar refractivity (Wildman–Crippen MR) is 110 cm³/mol. The molecular formula is C20H18N4O2S2. The van der Waals surface area contributed by atoms with Crippen molar-refractivity contribution in [3.05, 3.63) is 63.6 Å². The van der Waals surface area contributed by atoms with E-state index >= 15 is 0 Å². The summed E-state index contributed by atoms with van der Waals surface area (Å²) in [4.78, 5) is 18.8. The van der Waals surface area contributed by atoms with Crippen molar-refractivity contribution >= 4 is 28.6 Å². The Hall–Kier alpha value is -2.84. The van der Waals surface area contributed by atoms with Crippen LogP contribution in [-0.4, -0.2) is 21.1 Å². The third kappa shape index (κ3) is 4.52. The van der Waals surface area contributed by atoms with Crippen molar-refractivity contribution in [3.8, 4) is 22.0 Å². The molecule has 1 N–H and O–H groups in total. The molecular weight excluding hydrogens is 392 g/mol. The van der Waals surface area contributed by atoms with Crippen molar-refractivity contribution in [2.45, 2.75) is 26.3 Å². The van der Waals surface area contributed by atoms with E-state index in [4.69, 9.17) is 4.42 Å². The standard InChI is InChI=1S/C20H18N4O2S2/c1-13-22-16(12-27-13)17-8-7-15(28-17)11-21-18(25)9-10-19-23-24-20(26-19)14-5-3-2-4-6-14/h2-8,12H,9-11H2,1H3,(H,21,25). The van der Waals surface area contributed by atoms with E-state index in [0.717, 1.165) is 26.0 Å². The Balaban J connectivity index is 1.26. The third-order valence-electron chi connectivity index (χ3n) is 4.05. The maximum atomic E-state index is 12.1. The maximum Gasteiger partial charge on any atom is 0.247 e. The molecule has 0 aliphatic rings. The van der Waals surface area contributed by atoms with Crippen LogP contribution in [0.4, 0.5) is 0 Å². The van der Waals surface area contributed by atoms with Crippen LogP contribution in [0.5, 0.6) is 0 Å². The second kappa shape index (κ2) is 8.45. The molecule has 0 unspecified atom stereocenters. The molecule has 3 heterocycles. The number of thiophene rings is 1. The minimum atomic E-state index is -0.0427. The molecule has 4 rings (SSSR count). The highest BCUT2D eigenvalue weighted by Gasteiger charge is 2.11. The largest absolute Gasteiger partial charge is 0.421 e. The van der Waals surface area contributed by atoms with Gasteiger partial charge in [0.1, 0.15) is 0 Å². The van der Waals surface area contributed by atoms with Crippen LogP contribution in [0.15, 0.2) is 52.3 Å². The summed E-state index contributed by atoms with van der Waals surface area (Å²) in [6.07, 6.45) is 0.722. The summed E-state index contributed by atoms with van der Waals surface area (Å²) < 4.78 is 5.63. The van der Waals surface area contributed by atoms with E-state index in [1.807, 2.05) is 49.4 Å². The van der Waals surface area contributed by atoms with Crippen LogP contribution in [0.2, 0.25) is 0 Å². The van der Waals surface area contributed by atoms with E-state index in [-0.39, 0.29) is 5.91 Å². The van der Waals surface area contributed by atoms with Gasteiger partial charge < -0.3 is 9.73 Å². The molecule has 0 aliphatic carbocycles. The Labute approximate surface area is 170 Å². The number of rotatable bonds is 7. The van der Waals surface area contributed by atoms with Crippen LogP contribution in [0, 0.1) is 6.92 Å². The summed E-state index contributed by atoms with van der Waals surface area (Å²) in [5.41, 5.74) is 1.87. The fourth-order valence-corrected chi connectivity index (χ4v) is 4.23. The molecule has 0 saturated heterocycles. The zero-order valence-corrected chi connectivity index (χ0v) is 16.8. The number of hydrogen-bond donors (Lipinski definition) is 1. The molecule has 0 saturated carbocycles. The maximum absolute atomic E-state index is 12.1. The van der Waals surface area contributed by atoms with Crippen LogP contribution < -0.4 is 5.32 Å². The number of hydrogen-bond acceptors (Lipinski definition) is 7. The minimum absolute atomic E-state index is 0.0427. The number of aromatic nitrogens is 3. The van der Waals surface area contributed by atoms with Gasteiger partial charge in [-0.2, -0.15) is 0 Å². The normalized spacial score (nSPS) is 10.9. The van der Waals surface area contributed by atoms with Crippen molar-refractivity contribution in [2.75, 3.05) is 0 Å². The Bertz CT molecular complexity index is 1070. The fourth-order valence-electron chi connectivity index (χ4n) is 2.63. The summed E-state index contributed by atoms with van der Waals surface area (Å²) >= 11 is 3.28. The highest BCUT2D eigenvalue weighted by Crippen LogP contribution is 2.28. The zero-order chi connectivity index (χ0) is 19.3. The smallest absolute Gasteiger partial charge is 0.247 e. The van der Waals surface area contributed by atoms with Crippen LogP contribution >= 0.6 is 22.7 Å². The van der Waals surface area contributed by atoms with E-state index < -0.39 is 0 Å². The lowest BCUT2D eigenvalue weighted by Crippen LogP contribution is -2.22. The first-order valence-electron chi connectivity index (χ1n) is 8.83. The van der Waals surface area contributed by atoms with Gasteiger partial charge >= 0.3 is 0 Å². The molecule has 0 fully saturated rings. The van der Waals surface area contributed by atoms with Gasteiger partial charge in [0.05, 0.1) is 22.1 Å². The number of aryl methyl sites for hydroxylation is 2. The average Bonchev–Trinajstić information content (AvgIpc) is 3.46. The molecule has 1 amide bonds. The Morgan fingerprint density at radius 2 is 2.00 bits per heavy atom. The van der Waals surface area contributed by atoms with Crippen molar-refractivity contribution in [2.24, 2.45) is 0 Å². The topological polar surface area (TPSA) is 80.9 Å². The van der Waals surface area contributed by atoms with Crippen molar-refractivity contribution in [1.82, 2.24) is 20.5 Å². The Morgan fingerprint density at radius 1 is 1.14 bits per heavy atom. The number of nitrogens with zero attached hydrogens (tertiary/aromatic N) is 3. The second-order valence-electron chi connectivity index (χ2n) is 6.16. The van der Waals surface area contributed by atoms with Gasteiger partial charge in [-0.3, -0.25) is 4.79 Å². The van der Waals surface area contributed by atoms with Crippen LogP contribution in [0.25, 0.3) is 22.0 Å². The van der Waals surface area contributed by atoms with E-state index in [2.05, 4.69) is 25.9 Å². The number of carbonyl (C=O) groups excluding carboxylic acids is 1. The summed E-state index contributed by atoms with van der Waals surface area (Å²) in [6.45, 7) is 2.50. The number of carbonyl (C=O) groups is 1. The fraction of sp³-hybridized carbons (Fsp3) is 0.200. The first-order valence-corrected chi connectivity index (χ1v) is 10.5. The monoisotopic (exact) mass is 410 g/mol. The summed E-state index contributed by atoms with van der Waals surface area (Å²) in [5.74, 6) is 0.893. The summed E-state index contributed by atoms with van der Waals surface area (Å²) in [5, 5.41) is 14.1. The van der Waals surface area contributed by atoms with E-state index in [1.54, 1.807) is 22.7 Å². The quantitative estimate of drug-likeness (QED) is 0.486. The van der Waals surface area contributed by atoms with Gasteiger partial charge in [0, 0.05) is 28.7 Å². The van der Waals surface area contributed by atoms with Gasteiger partial charge in [-0.05, 0) is 31.2 Å². The number of nitrogens with one attached hydrogen (secondary N) is 1. The molecule has 6 nitrogen and oxygen atoms in total. The van der Waals surface area contributed by atoms with Gasteiger partial charge in [0.2, 0.25) is 17.7 Å². The third-order valence-corrected chi connectivity index (χ3v) is 5.93. The minimum Gasteiger partial charge on any atom is -0.421 e. The molecule has 0 radical (unpaired) electrons. The van der Waals surface area contributed by atoms with E-state index in [9.17, 15) is 4.79 Å². The zero-order valence-electron chi connectivity index (χ0n) is 15.2. The molecule has 28 heavy (non-hydrogen) atoms. The second-order valence-corrected chi connectivity index (χ2v) is 8.39. The van der Waals surface area contributed by atoms with Crippen molar-refractivity contribution in [1.29, 1.82) is 0 Å². The van der Waals surface area contributed by atoms with Crippen LogP contribution in [0.1, 0.15) is 22.2 Å². The number of amides is 1. The van der Waals surface area contributed by atoms with Crippen LogP contribution in [-0.2, 0) is 17.8 Å².